The molecule has 3 N–H and O–H groups in total. The van der Waals surface area contributed by atoms with Gasteiger partial charge in [0, 0.05) is 29.4 Å². The SMILES string of the molecule is Cc1cnc(CNc2ccc3cnccc3c2N)cn1. The van der Waals surface area contributed by atoms with E-state index in [1.807, 2.05) is 25.1 Å². The van der Waals surface area contributed by atoms with Crippen molar-refractivity contribution in [3.05, 3.63) is 54.4 Å². The lowest BCUT2D eigenvalue weighted by Crippen LogP contribution is -2.05. The standard InChI is InChI=1S/C15H15N5/c1-10-6-19-12(8-18-10)9-20-14-3-2-11-7-17-5-4-13(11)15(14)16/h2-8,20H,9,16H2,1H3. The van der Waals surface area contributed by atoms with Crippen molar-refractivity contribution in [2.24, 2.45) is 0 Å². The Morgan fingerprint density at radius 3 is 2.80 bits per heavy atom. The number of hydrogen-bond acceptors (Lipinski definition) is 5. The van der Waals surface area contributed by atoms with E-state index < -0.39 is 0 Å². The molecule has 3 rings (SSSR count). The Morgan fingerprint density at radius 1 is 1.10 bits per heavy atom. The highest BCUT2D eigenvalue weighted by Gasteiger charge is 2.04. The van der Waals surface area contributed by atoms with Gasteiger partial charge in [-0.1, -0.05) is 6.07 Å². The van der Waals surface area contributed by atoms with Gasteiger partial charge in [-0.25, -0.2) is 0 Å². The van der Waals surface area contributed by atoms with Crippen molar-refractivity contribution in [2.75, 3.05) is 11.1 Å². The van der Waals surface area contributed by atoms with Crippen LogP contribution in [-0.4, -0.2) is 15.0 Å². The number of rotatable bonds is 3. The first-order valence-electron chi connectivity index (χ1n) is 6.37. The Morgan fingerprint density at radius 2 is 2.00 bits per heavy atom. The number of nitrogen functional groups attached to an aromatic ring is 1. The fourth-order valence-corrected chi connectivity index (χ4v) is 2.04. The molecule has 0 radical (unpaired) electrons. The van der Waals surface area contributed by atoms with Crippen molar-refractivity contribution in [2.45, 2.75) is 13.5 Å². The summed E-state index contributed by atoms with van der Waals surface area (Å²) in [5.74, 6) is 0. The second kappa shape index (κ2) is 5.13. The summed E-state index contributed by atoms with van der Waals surface area (Å²) in [6, 6.07) is 5.88. The van der Waals surface area contributed by atoms with Gasteiger partial charge in [-0.3, -0.25) is 15.0 Å². The molecule has 5 nitrogen and oxygen atoms in total. The molecule has 0 saturated carbocycles. The van der Waals surface area contributed by atoms with Crippen LogP contribution in [0.25, 0.3) is 10.8 Å². The van der Waals surface area contributed by atoms with Crippen LogP contribution in [0.1, 0.15) is 11.4 Å². The predicted octanol–water partition coefficient (Wildman–Crippen LogP) is 2.53. The third-order valence-electron chi connectivity index (χ3n) is 3.16. The van der Waals surface area contributed by atoms with Gasteiger partial charge in [0.25, 0.3) is 0 Å². The summed E-state index contributed by atoms with van der Waals surface area (Å²) in [6.07, 6.45) is 7.07. The minimum Gasteiger partial charge on any atom is -0.397 e. The van der Waals surface area contributed by atoms with E-state index in [0.29, 0.717) is 6.54 Å². The van der Waals surface area contributed by atoms with Gasteiger partial charge in [-0.15, -0.1) is 0 Å². The van der Waals surface area contributed by atoms with Crippen LogP contribution < -0.4 is 11.1 Å². The summed E-state index contributed by atoms with van der Waals surface area (Å²) in [7, 11) is 0. The molecular formula is C15H15N5. The zero-order valence-electron chi connectivity index (χ0n) is 11.2. The number of benzene rings is 1. The molecule has 0 atom stereocenters. The second-order valence-corrected chi connectivity index (χ2v) is 4.63. The number of anilines is 2. The molecule has 0 spiro atoms. The number of nitrogens with two attached hydrogens (primary N) is 1. The van der Waals surface area contributed by atoms with Crippen molar-refractivity contribution >= 4 is 22.1 Å². The number of nitrogens with one attached hydrogen (secondary N) is 1. The Balaban J connectivity index is 1.84. The fraction of sp³-hybridized carbons (Fsp3) is 0.133. The highest BCUT2D eigenvalue weighted by molar-refractivity contribution is 5.98. The Labute approximate surface area is 116 Å². The van der Waals surface area contributed by atoms with E-state index in [1.165, 1.54) is 0 Å². The molecule has 2 heterocycles. The molecule has 0 saturated heterocycles. The molecule has 0 amide bonds. The van der Waals surface area contributed by atoms with E-state index in [2.05, 4.69) is 20.3 Å². The van der Waals surface area contributed by atoms with Crippen LogP contribution in [0.2, 0.25) is 0 Å². The molecule has 0 aliphatic rings. The van der Waals surface area contributed by atoms with Crippen LogP contribution >= 0.6 is 0 Å². The average molecular weight is 265 g/mol. The molecule has 100 valence electrons. The number of fused-ring (bicyclic) bond motifs is 1. The highest BCUT2D eigenvalue weighted by Crippen LogP contribution is 2.28. The summed E-state index contributed by atoms with van der Waals surface area (Å²) in [5.41, 5.74) is 9.59. The van der Waals surface area contributed by atoms with Gasteiger partial charge in [-0.05, 0) is 19.1 Å². The van der Waals surface area contributed by atoms with Gasteiger partial charge in [0.15, 0.2) is 0 Å². The minimum absolute atomic E-state index is 0.591. The van der Waals surface area contributed by atoms with E-state index in [9.17, 15) is 0 Å². The largest absolute Gasteiger partial charge is 0.397 e. The van der Waals surface area contributed by atoms with Crippen molar-refractivity contribution in [1.82, 2.24) is 15.0 Å². The molecular weight excluding hydrogens is 250 g/mol. The normalized spacial score (nSPS) is 10.7. The lowest BCUT2D eigenvalue weighted by molar-refractivity contribution is 0.985. The molecule has 0 bridgehead atoms. The van der Waals surface area contributed by atoms with Gasteiger partial charge in [0.05, 0.1) is 35.5 Å². The van der Waals surface area contributed by atoms with E-state index in [4.69, 9.17) is 5.73 Å². The van der Waals surface area contributed by atoms with Gasteiger partial charge in [-0.2, -0.15) is 0 Å². The first-order chi connectivity index (χ1) is 9.74. The van der Waals surface area contributed by atoms with Crippen molar-refractivity contribution in [1.29, 1.82) is 0 Å². The van der Waals surface area contributed by atoms with Crippen LogP contribution in [-0.2, 0) is 6.54 Å². The lowest BCUT2D eigenvalue weighted by Gasteiger charge is -2.11. The summed E-state index contributed by atoms with van der Waals surface area (Å²) < 4.78 is 0. The number of nitrogens with zero attached hydrogens (tertiary/aromatic N) is 3. The van der Waals surface area contributed by atoms with Crippen LogP contribution in [0.5, 0.6) is 0 Å². The maximum Gasteiger partial charge on any atom is 0.0777 e. The van der Waals surface area contributed by atoms with Gasteiger partial charge in [0.2, 0.25) is 0 Å². The highest BCUT2D eigenvalue weighted by atomic mass is 14.9. The summed E-state index contributed by atoms with van der Waals surface area (Å²) >= 11 is 0. The molecule has 5 heteroatoms. The molecule has 0 aliphatic carbocycles. The van der Waals surface area contributed by atoms with Crippen molar-refractivity contribution in [3.8, 4) is 0 Å². The number of aryl methyl sites for hydroxylation is 1. The van der Waals surface area contributed by atoms with Crippen LogP contribution in [0.4, 0.5) is 11.4 Å². The zero-order valence-corrected chi connectivity index (χ0v) is 11.2. The van der Waals surface area contributed by atoms with Crippen LogP contribution in [0.3, 0.4) is 0 Å². The fourth-order valence-electron chi connectivity index (χ4n) is 2.04. The maximum absolute atomic E-state index is 6.18. The number of hydrogen-bond donors (Lipinski definition) is 2. The first kappa shape index (κ1) is 12.3. The summed E-state index contributed by atoms with van der Waals surface area (Å²) in [4.78, 5) is 12.6. The quantitative estimate of drug-likeness (QED) is 0.712. The van der Waals surface area contributed by atoms with E-state index >= 15 is 0 Å². The van der Waals surface area contributed by atoms with Gasteiger partial charge in [0.1, 0.15) is 0 Å². The van der Waals surface area contributed by atoms with E-state index in [-0.39, 0.29) is 0 Å². The van der Waals surface area contributed by atoms with Crippen LogP contribution in [0.15, 0.2) is 43.0 Å². The molecule has 1 aromatic carbocycles. The second-order valence-electron chi connectivity index (χ2n) is 4.63. The molecule has 20 heavy (non-hydrogen) atoms. The van der Waals surface area contributed by atoms with Crippen molar-refractivity contribution < 1.29 is 0 Å². The summed E-state index contributed by atoms with van der Waals surface area (Å²) in [5, 5.41) is 5.33. The molecule has 3 aromatic rings. The Bertz CT molecular complexity index is 737. The first-order valence-corrected chi connectivity index (χ1v) is 6.37. The lowest BCUT2D eigenvalue weighted by atomic mass is 10.1. The zero-order chi connectivity index (χ0) is 13.9. The van der Waals surface area contributed by atoms with Crippen molar-refractivity contribution in [3.63, 3.8) is 0 Å². The average Bonchev–Trinajstić information content (AvgIpc) is 2.49. The molecule has 0 fully saturated rings. The van der Waals surface area contributed by atoms with Crippen LogP contribution in [0, 0.1) is 6.92 Å². The molecule has 0 aliphatic heterocycles. The number of aromatic nitrogens is 3. The molecule has 2 aromatic heterocycles. The third kappa shape index (κ3) is 2.38. The maximum atomic E-state index is 6.18. The third-order valence-corrected chi connectivity index (χ3v) is 3.16. The Kier molecular flexibility index (Phi) is 3.16. The summed E-state index contributed by atoms with van der Waals surface area (Å²) in [6.45, 7) is 2.51. The number of pyridine rings is 1. The van der Waals surface area contributed by atoms with E-state index in [0.717, 1.165) is 33.5 Å². The smallest absolute Gasteiger partial charge is 0.0777 e. The molecule has 0 unspecified atom stereocenters. The minimum atomic E-state index is 0.591. The van der Waals surface area contributed by atoms with E-state index in [1.54, 1.807) is 24.8 Å². The predicted molar refractivity (Wildman–Crippen MR) is 80.3 cm³/mol. The topological polar surface area (TPSA) is 76.7 Å². The Hall–Kier alpha value is -2.69. The monoisotopic (exact) mass is 265 g/mol. The van der Waals surface area contributed by atoms with Gasteiger partial charge >= 0.3 is 0 Å². The van der Waals surface area contributed by atoms with Gasteiger partial charge < -0.3 is 11.1 Å².